The zero-order chi connectivity index (χ0) is 25.7. The van der Waals surface area contributed by atoms with Gasteiger partial charge in [0.25, 0.3) is 5.91 Å². The number of carbonyl (C=O) groups excluding carboxylic acids is 1. The number of nitrogens with one attached hydrogen (secondary N) is 1. The van der Waals surface area contributed by atoms with Crippen LogP contribution in [0.25, 0.3) is 0 Å². The van der Waals surface area contributed by atoms with Crippen molar-refractivity contribution in [1.29, 1.82) is 0 Å². The van der Waals surface area contributed by atoms with E-state index in [1.165, 1.54) is 55.6 Å². The first-order valence-electron chi connectivity index (χ1n) is 10.4. The molecule has 10 nitrogen and oxygen atoms in total. The van der Waals surface area contributed by atoms with Gasteiger partial charge in [-0.25, -0.2) is 22.3 Å². The second-order valence-electron chi connectivity index (χ2n) is 8.10. The van der Waals surface area contributed by atoms with Crippen molar-refractivity contribution in [3.63, 3.8) is 0 Å². The van der Waals surface area contributed by atoms with Crippen molar-refractivity contribution in [3.05, 3.63) is 48.5 Å². The molecule has 2 atom stereocenters. The zero-order valence-electron chi connectivity index (χ0n) is 19.6. The largest absolute Gasteiger partial charge is 0.457 e. The minimum atomic E-state index is -4.16. The van der Waals surface area contributed by atoms with Crippen LogP contribution in [0, 0.1) is 5.92 Å². The summed E-state index contributed by atoms with van der Waals surface area (Å²) in [7, 11) is -6.06. The molecule has 0 aromatic heterocycles. The van der Waals surface area contributed by atoms with Crippen LogP contribution in [0.4, 0.5) is 0 Å². The third kappa shape index (κ3) is 6.76. The van der Waals surface area contributed by atoms with Crippen LogP contribution in [0.3, 0.4) is 0 Å². The molecule has 2 rings (SSSR count). The molecule has 0 saturated carbocycles. The van der Waals surface area contributed by atoms with Gasteiger partial charge in [0.1, 0.15) is 17.5 Å². The standard InChI is InChI=1S/C22H30N2O8S2/c1-15(2)21(22(25)23-26)24(14-16(3)31-4)34(29,30)20-12-8-18(9-13-20)32-17-6-10-19(11-7-17)33(5,27)28/h6-13,15-16,21,26H,14H2,1-5H3,(H,23,25). The first-order chi connectivity index (χ1) is 15.8. The molecule has 0 fully saturated rings. The van der Waals surface area contributed by atoms with Crippen molar-refractivity contribution in [1.82, 2.24) is 9.79 Å². The Morgan fingerprint density at radius 1 is 0.941 bits per heavy atom. The Morgan fingerprint density at radius 2 is 1.41 bits per heavy atom. The number of amides is 1. The number of hydrogen-bond acceptors (Lipinski definition) is 8. The number of nitrogens with zero attached hydrogens (tertiary/aromatic N) is 1. The molecular weight excluding hydrogens is 484 g/mol. The SMILES string of the molecule is COC(C)CN(C(C(=O)NO)C(C)C)S(=O)(=O)c1ccc(Oc2ccc(S(C)(=O)=O)cc2)cc1. The fourth-order valence-electron chi connectivity index (χ4n) is 3.23. The molecule has 2 aromatic carbocycles. The predicted molar refractivity (Wildman–Crippen MR) is 125 cm³/mol. The first kappa shape index (κ1) is 27.7. The number of hydroxylamine groups is 1. The van der Waals surface area contributed by atoms with Crippen LogP contribution in [0.5, 0.6) is 11.5 Å². The van der Waals surface area contributed by atoms with E-state index in [1.807, 2.05) is 0 Å². The lowest BCUT2D eigenvalue weighted by atomic mass is 10.0. The van der Waals surface area contributed by atoms with Crippen LogP contribution in [0.1, 0.15) is 20.8 Å². The summed E-state index contributed by atoms with van der Waals surface area (Å²) in [5, 5.41) is 9.17. The van der Waals surface area contributed by atoms with E-state index >= 15 is 0 Å². The fraction of sp³-hybridized carbons (Fsp3) is 0.409. The molecular formula is C22H30N2O8S2. The number of hydrogen-bond donors (Lipinski definition) is 2. The fourth-order valence-corrected chi connectivity index (χ4v) is 5.65. The van der Waals surface area contributed by atoms with Crippen molar-refractivity contribution in [2.45, 2.75) is 42.7 Å². The van der Waals surface area contributed by atoms with Gasteiger partial charge in [0.2, 0.25) is 10.0 Å². The second-order valence-corrected chi connectivity index (χ2v) is 12.0. The van der Waals surface area contributed by atoms with E-state index in [2.05, 4.69) is 0 Å². The highest BCUT2D eigenvalue weighted by Crippen LogP contribution is 2.27. The van der Waals surface area contributed by atoms with Crippen molar-refractivity contribution in [2.24, 2.45) is 5.92 Å². The normalized spacial score (nSPS) is 14.1. The highest BCUT2D eigenvalue weighted by atomic mass is 32.2. The van der Waals surface area contributed by atoms with Gasteiger partial charge in [0.05, 0.1) is 15.9 Å². The average Bonchev–Trinajstić information content (AvgIpc) is 2.78. The predicted octanol–water partition coefficient (Wildman–Crippen LogP) is 2.44. The Kier molecular flexibility index (Phi) is 9.20. The van der Waals surface area contributed by atoms with Crippen molar-refractivity contribution >= 4 is 25.8 Å². The molecule has 2 unspecified atom stereocenters. The van der Waals surface area contributed by atoms with Crippen LogP contribution < -0.4 is 10.2 Å². The Hall–Kier alpha value is -2.51. The van der Waals surface area contributed by atoms with Gasteiger partial charge in [-0.15, -0.1) is 0 Å². The Balaban J connectivity index is 2.34. The van der Waals surface area contributed by atoms with Crippen molar-refractivity contribution in [2.75, 3.05) is 19.9 Å². The van der Waals surface area contributed by atoms with Gasteiger partial charge >= 0.3 is 0 Å². The molecule has 0 saturated heterocycles. The van der Waals surface area contributed by atoms with Gasteiger partial charge in [0.15, 0.2) is 9.84 Å². The Bertz CT molecular complexity index is 1180. The molecule has 0 heterocycles. The van der Waals surface area contributed by atoms with Gasteiger partial charge < -0.3 is 9.47 Å². The van der Waals surface area contributed by atoms with E-state index in [0.29, 0.717) is 11.5 Å². The monoisotopic (exact) mass is 514 g/mol. The topological polar surface area (TPSA) is 139 Å². The third-order valence-corrected chi connectivity index (χ3v) is 8.07. The maximum atomic E-state index is 13.5. The van der Waals surface area contributed by atoms with E-state index in [1.54, 1.807) is 26.3 Å². The van der Waals surface area contributed by atoms with E-state index in [0.717, 1.165) is 10.6 Å². The van der Waals surface area contributed by atoms with E-state index in [4.69, 9.17) is 14.7 Å². The quantitative estimate of drug-likeness (QED) is 0.344. The lowest BCUT2D eigenvalue weighted by molar-refractivity contribution is -0.135. The summed E-state index contributed by atoms with van der Waals surface area (Å²) in [6.45, 7) is 4.90. The maximum absolute atomic E-state index is 13.5. The highest BCUT2D eigenvalue weighted by Gasteiger charge is 2.38. The van der Waals surface area contributed by atoms with E-state index in [9.17, 15) is 21.6 Å². The summed E-state index contributed by atoms with van der Waals surface area (Å²) in [5.41, 5.74) is 1.55. The highest BCUT2D eigenvalue weighted by molar-refractivity contribution is 7.90. The summed E-state index contributed by atoms with van der Waals surface area (Å²) in [5.74, 6) is -0.586. The lowest BCUT2D eigenvalue weighted by Crippen LogP contribution is -2.53. The molecule has 1 amide bonds. The van der Waals surface area contributed by atoms with Crippen LogP contribution in [-0.2, 0) is 29.4 Å². The number of ether oxygens (including phenoxy) is 2. The van der Waals surface area contributed by atoms with E-state index in [-0.39, 0.29) is 16.3 Å². The van der Waals surface area contributed by atoms with Gasteiger partial charge in [-0.1, -0.05) is 13.8 Å². The van der Waals surface area contributed by atoms with E-state index < -0.39 is 43.8 Å². The smallest absolute Gasteiger partial charge is 0.262 e. The average molecular weight is 515 g/mol. The molecule has 188 valence electrons. The Labute approximate surface area is 200 Å². The Morgan fingerprint density at radius 3 is 1.79 bits per heavy atom. The summed E-state index contributed by atoms with van der Waals surface area (Å²) in [6.07, 6.45) is 0.590. The molecule has 0 aliphatic carbocycles. The van der Waals surface area contributed by atoms with Gasteiger partial charge in [-0.05, 0) is 61.4 Å². The van der Waals surface area contributed by atoms with Crippen LogP contribution in [0.15, 0.2) is 58.3 Å². The number of sulfonamides is 1. The third-order valence-electron chi connectivity index (χ3n) is 5.08. The summed E-state index contributed by atoms with van der Waals surface area (Å²) in [4.78, 5) is 12.4. The van der Waals surface area contributed by atoms with Crippen LogP contribution in [0.2, 0.25) is 0 Å². The molecule has 0 aliphatic rings. The molecule has 0 bridgehead atoms. The molecule has 0 aliphatic heterocycles. The number of carbonyl (C=O) groups is 1. The lowest BCUT2D eigenvalue weighted by Gasteiger charge is -2.33. The van der Waals surface area contributed by atoms with Crippen molar-refractivity contribution in [3.8, 4) is 11.5 Å². The molecule has 0 spiro atoms. The van der Waals surface area contributed by atoms with Gasteiger partial charge in [0, 0.05) is 19.9 Å². The summed E-state index contributed by atoms with van der Waals surface area (Å²) in [6, 6.07) is 10.2. The zero-order valence-corrected chi connectivity index (χ0v) is 21.3. The van der Waals surface area contributed by atoms with Gasteiger partial charge in [-0.2, -0.15) is 4.31 Å². The number of benzene rings is 2. The van der Waals surface area contributed by atoms with Gasteiger partial charge in [-0.3, -0.25) is 10.0 Å². The van der Waals surface area contributed by atoms with Crippen molar-refractivity contribution < 1.29 is 36.3 Å². The minimum Gasteiger partial charge on any atom is -0.457 e. The molecule has 2 aromatic rings. The summed E-state index contributed by atoms with van der Waals surface area (Å²) >= 11 is 0. The molecule has 12 heteroatoms. The van der Waals surface area contributed by atoms with Crippen LogP contribution in [-0.4, -0.2) is 64.3 Å². The number of sulfone groups is 1. The molecule has 2 N–H and O–H groups in total. The van der Waals surface area contributed by atoms with Crippen LogP contribution >= 0.6 is 0 Å². The summed E-state index contributed by atoms with van der Waals surface area (Å²) < 4.78 is 62.0. The number of methoxy groups -OCH3 is 1. The minimum absolute atomic E-state index is 0.0769. The molecule has 0 radical (unpaired) electrons. The number of rotatable bonds is 11. The first-order valence-corrected chi connectivity index (χ1v) is 13.7. The maximum Gasteiger partial charge on any atom is 0.262 e. The molecule has 34 heavy (non-hydrogen) atoms. The second kappa shape index (κ2) is 11.3.